The molecule has 3 saturated heterocycles. The second-order valence-electron chi connectivity index (χ2n) is 7.63. The van der Waals surface area contributed by atoms with Crippen LogP contribution in [0.3, 0.4) is 0 Å². The Balaban J connectivity index is 1.45. The fourth-order valence-corrected chi connectivity index (χ4v) is 4.06. The van der Waals surface area contributed by atoms with Crippen LogP contribution in [0.4, 0.5) is 33.7 Å². The molecule has 3 fully saturated rings. The van der Waals surface area contributed by atoms with E-state index in [1.807, 2.05) is 10.3 Å². The second-order valence-corrected chi connectivity index (χ2v) is 7.63. The monoisotopic (exact) mass is 459 g/mol. The average molecular weight is 459 g/mol. The number of ether oxygens (including phenoxy) is 1. The predicted molar refractivity (Wildman–Crippen MR) is 103 cm³/mol. The fourth-order valence-electron chi connectivity index (χ4n) is 4.06. The van der Waals surface area contributed by atoms with Crippen LogP contribution in [-0.4, -0.2) is 86.3 Å². The highest BCUT2D eigenvalue weighted by molar-refractivity contribution is 5.90. The number of hydrogen-bond donors (Lipinski definition) is 1. The summed E-state index contributed by atoms with van der Waals surface area (Å²) in [6.07, 6.45) is -4.63. The molecular weight excluding hydrogens is 438 g/mol. The molecule has 1 atom stereocenters. The van der Waals surface area contributed by atoms with E-state index in [9.17, 15) is 31.9 Å². The van der Waals surface area contributed by atoms with Gasteiger partial charge in [-0.05, 0) is 0 Å². The lowest BCUT2D eigenvalue weighted by Crippen LogP contribution is -2.39. The van der Waals surface area contributed by atoms with E-state index in [0.29, 0.717) is 32.6 Å². The molecule has 32 heavy (non-hydrogen) atoms. The number of fused-ring (bicyclic) bond motifs is 1. The Morgan fingerprint density at radius 3 is 2.47 bits per heavy atom. The van der Waals surface area contributed by atoms with Crippen LogP contribution < -0.4 is 15.1 Å². The van der Waals surface area contributed by atoms with Crippen molar-refractivity contribution in [2.24, 2.45) is 0 Å². The number of carbonyl (C=O) groups is 3. The van der Waals surface area contributed by atoms with Crippen molar-refractivity contribution in [1.29, 1.82) is 0 Å². The summed E-state index contributed by atoms with van der Waals surface area (Å²) in [6, 6.07) is 1.99. The van der Waals surface area contributed by atoms with Crippen molar-refractivity contribution in [3.63, 3.8) is 0 Å². The van der Waals surface area contributed by atoms with Crippen molar-refractivity contribution < 1.29 is 36.7 Å². The van der Waals surface area contributed by atoms with Gasteiger partial charge in [-0.15, -0.1) is 0 Å². The first kappa shape index (κ1) is 22.1. The molecule has 3 heterocycles. The number of alkyl halides is 2. The van der Waals surface area contributed by atoms with Crippen LogP contribution in [0.2, 0.25) is 0 Å². The summed E-state index contributed by atoms with van der Waals surface area (Å²) in [5, 5.41) is 5.39. The van der Waals surface area contributed by atoms with Crippen molar-refractivity contribution in [1.82, 2.24) is 15.3 Å². The molecule has 0 aromatic heterocycles. The molecule has 3 amide bonds. The van der Waals surface area contributed by atoms with Crippen LogP contribution in [0.25, 0.3) is 0 Å². The van der Waals surface area contributed by atoms with Gasteiger partial charge in [0.05, 0.1) is 25.3 Å². The highest BCUT2D eigenvalue weighted by atomic mass is 19.3. The topological polar surface area (TPSA) is 85.4 Å². The number of rotatable bonds is 5. The molecule has 0 radical (unpaired) electrons. The van der Waals surface area contributed by atoms with Gasteiger partial charge in [-0.3, -0.25) is 19.5 Å². The fraction of sp³-hybridized carbons (Fsp3) is 0.526. The van der Waals surface area contributed by atoms with Gasteiger partial charge in [0, 0.05) is 44.7 Å². The van der Waals surface area contributed by atoms with Gasteiger partial charge in [-0.1, -0.05) is 0 Å². The van der Waals surface area contributed by atoms with E-state index in [0.717, 1.165) is 17.0 Å². The Morgan fingerprint density at radius 2 is 1.78 bits per heavy atom. The number of cyclic esters (lactones) is 1. The first-order valence-corrected chi connectivity index (χ1v) is 10.1. The maximum Gasteiger partial charge on any atom is 0.414 e. The maximum absolute atomic E-state index is 14.9. The first-order valence-electron chi connectivity index (χ1n) is 10.1. The van der Waals surface area contributed by atoms with Crippen molar-refractivity contribution >= 4 is 29.3 Å². The molecule has 174 valence electrons. The number of hydrazine groups is 1. The van der Waals surface area contributed by atoms with Crippen molar-refractivity contribution in [3.05, 3.63) is 23.8 Å². The van der Waals surface area contributed by atoms with E-state index in [2.05, 4.69) is 0 Å². The number of anilines is 2. The lowest BCUT2D eigenvalue weighted by atomic mass is 10.2. The molecule has 1 aromatic rings. The average Bonchev–Trinajstić information content (AvgIpc) is 3.21. The summed E-state index contributed by atoms with van der Waals surface area (Å²) in [7, 11) is 0. The standard InChI is InChI=1S/C19H21F4N5O4/c20-13-7-11(27-10-12(32-19(27)31)9-24-18(30)17(22)23)8-14(21)16(13)25-3-5-26-2-1-15(29)28(26)6-4-25/h7-8,12,17H,1-6,9-10H2,(H,24,30)/t12-/m0/s1. The van der Waals surface area contributed by atoms with E-state index in [-0.39, 0.29) is 36.9 Å². The molecule has 3 aliphatic rings. The molecule has 4 rings (SSSR count). The summed E-state index contributed by atoms with van der Waals surface area (Å²) in [6.45, 7) is 1.36. The van der Waals surface area contributed by atoms with Gasteiger partial charge in [0.2, 0.25) is 5.91 Å². The molecule has 0 saturated carbocycles. The van der Waals surface area contributed by atoms with E-state index in [1.165, 1.54) is 4.90 Å². The Hall–Kier alpha value is -3.09. The molecule has 1 aromatic carbocycles. The lowest BCUT2D eigenvalue weighted by Gasteiger charge is -2.24. The zero-order valence-corrected chi connectivity index (χ0v) is 16.9. The third-order valence-electron chi connectivity index (χ3n) is 5.63. The van der Waals surface area contributed by atoms with Crippen LogP contribution in [0.15, 0.2) is 12.1 Å². The van der Waals surface area contributed by atoms with Gasteiger partial charge in [0.15, 0.2) is 11.6 Å². The molecule has 1 N–H and O–H groups in total. The Labute approximate surface area is 180 Å². The summed E-state index contributed by atoms with van der Waals surface area (Å²) >= 11 is 0. The number of nitrogens with zero attached hydrogens (tertiary/aromatic N) is 4. The van der Waals surface area contributed by atoms with Gasteiger partial charge in [-0.2, -0.15) is 8.78 Å². The minimum absolute atomic E-state index is 0.0185. The minimum Gasteiger partial charge on any atom is -0.442 e. The number of amides is 3. The van der Waals surface area contributed by atoms with Crippen molar-refractivity contribution in [2.45, 2.75) is 19.0 Å². The highest BCUT2D eigenvalue weighted by Gasteiger charge is 2.36. The Kier molecular flexibility index (Phi) is 6.09. The van der Waals surface area contributed by atoms with E-state index in [4.69, 9.17) is 4.74 Å². The van der Waals surface area contributed by atoms with Crippen molar-refractivity contribution in [2.75, 3.05) is 55.6 Å². The number of carbonyl (C=O) groups excluding carboxylic acids is 3. The van der Waals surface area contributed by atoms with Gasteiger partial charge in [-0.25, -0.2) is 18.6 Å². The predicted octanol–water partition coefficient (Wildman–Crippen LogP) is 0.941. The van der Waals surface area contributed by atoms with E-state index < -0.39 is 36.2 Å². The van der Waals surface area contributed by atoms with Gasteiger partial charge in [0.25, 0.3) is 5.91 Å². The van der Waals surface area contributed by atoms with Crippen LogP contribution in [0.5, 0.6) is 0 Å². The first-order chi connectivity index (χ1) is 15.2. The van der Waals surface area contributed by atoms with Crippen LogP contribution in [0.1, 0.15) is 6.42 Å². The zero-order valence-electron chi connectivity index (χ0n) is 16.9. The maximum atomic E-state index is 14.9. The number of halogens is 4. The number of nitrogens with one attached hydrogen (secondary N) is 1. The smallest absolute Gasteiger partial charge is 0.414 e. The highest BCUT2D eigenvalue weighted by Crippen LogP contribution is 2.32. The zero-order chi connectivity index (χ0) is 23.0. The largest absolute Gasteiger partial charge is 0.442 e. The van der Waals surface area contributed by atoms with E-state index >= 15 is 0 Å². The molecular formula is C19H21F4N5O4. The molecule has 0 bridgehead atoms. The normalized spacial score (nSPS) is 21.8. The summed E-state index contributed by atoms with van der Waals surface area (Å²) < 4.78 is 59.4. The van der Waals surface area contributed by atoms with Crippen LogP contribution >= 0.6 is 0 Å². The van der Waals surface area contributed by atoms with Crippen molar-refractivity contribution in [3.8, 4) is 0 Å². The molecule has 0 spiro atoms. The van der Waals surface area contributed by atoms with E-state index in [1.54, 1.807) is 5.01 Å². The summed E-state index contributed by atoms with van der Waals surface area (Å²) in [4.78, 5) is 37.5. The second kappa shape index (κ2) is 8.81. The minimum atomic E-state index is -3.20. The molecule has 9 nitrogen and oxygen atoms in total. The summed E-state index contributed by atoms with van der Waals surface area (Å²) in [5.74, 6) is -3.29. The SMILES string of the molecule is O=C(NC[C@H]1CN(c2cc(F)c(N3CCN4CCC(=O)N4CC3)c(F)c2)C(=O)O1)C(F)F. The quantitative estimate of drug-likeness (QED) is 0.660. The van der Waals surface area contributed by atoms with Gasteiger partial charge in [0.1, 0.15) is 11.8 Å². The third-order valence-corrected chi connectivity index (χ3v) is 5.63. The van der Waals surface area contributed by atoms with Gasteiger partial charge < -0.3 is 15.0 Å². The molecule has 13 heteroatoms. The number of benzene rings is 1. The lowest BCUT2D eigenvalue weighted by molar-refractivity contribution is -0.136. The molecule has 0 aliphatic carbocycles. The summed E-state index contributed by atoms with van der Waals surface area (Å²) in [5.41, 5.74) is -0.345. The van der Waals surface area contributed by atoms with Gasteiger partial charge >= 0.3 is 12.5 Å². The van der Waals surface area contributed by atoms with Crippen LogP contribution in [-0.2, 0) is 14.3 Å². The molecule has 0 unspecified atom stereocenters. The molecule has 3 aliphatic heterocycles. The third kappa shape index (κ3) is 4.29. The Morgan fingerprint density at radius 1 is 1.09 bits per heavy atom. The Bertz CT molecular complexity index is 910. The number of hydrogen-bond acceptors (Lipinski definition) is 6. The van der Waals surface area contributed by atoms with Crippen LogP contribution in [0, 0.1) is 11.6 Å².